The first kappa shape index (κ1) is 19.4. The number of aliphatic imine (C=N–C) groups is 1. The first-order valence-electron chi connectivity index (χ1n) is 9.25. The van der Waals surface area contributed by atoms with Gasteiger partial charge in [-0.05, 0) is 29.2 Å². The maximum Gasteiger partial charge on any atom is 0.191 e. The van der Waals surface area contributed by atoms with E-state index >= 15 is 0 Å². The number of nitrogens with zero attached hydrogens (tertiary/aromatic N) is 4. The normalized spacial score (nSPS) is 11.3. The summed E-state index contributed by atoms with van der Waals surface area (Å²) in [4.78, 5) is 8.28. The van der Waals surface area contributed by atoms with Crippen LogP contribution in [0.4, 0.5) is 0 Å². The number of rotatable bonds is 8. The van der Waals surface area contributed by atoms with Gasteiger partial charge in [-0.15, -0.1) is 0 Å². The zero-order valence-corrected chi connectivity index (χ0v) is 16.3. The van der Waals surface area contributed by atoms with E-state index in [4.69, 9.17) is 4.74 Å². The number of hydrogen-bond acceptors (Lipinski definition) is 4. The predicted octanol–water partition coefficient (Wildman–Crippen LogP) is 2.24. The lowest BCUT2D eigenvalue weighted by Crippen LogP contribution is -2.37. The number of nitrogens with one attached hydrogen (secondary N) is 2. The minimum Gasteiger partial charge on any atom is -0.496 e. The van der Waals surface area contributed by atoms with Crippen molar-refractivity contribution in [2.45, 2.75) is 19.5 Å². The summed E-state index contributed by atoms with van der Waals surface area (Å²) in [7, 11) is 3.48. The number of aromatic nitrogens is 3. The Kier molecular flexibility index (Phi) is 7.01. The van der Waals surface area contributed by atoms with Gasteiger partial charge in [-0.1, -0.05) is 42.5 Å². The van der Waals surface area contributed by atoms with Gasteiger partial charge in [0, 0.05) is 20.1 Å². The summed E-state index contributed by atoms with van der Waals surface area (Å²) in [6, 6.07) is 16.5. The summed E-state index contributed by atoms with van der Waals surface area (Å²) in [5, 5.41) is 10.9. The Hall–Kier alpha value is -3.35. The minimum absolute atomic E-state index is 0.694. The van der Waals surface area contributed by atoms with E-state index in [2.05, 4.69) is 56.0 Å². The van der Waals surface area contributed by atoms with Crippen LogP contribution in [0, 0.1) is 0 Å². The topological polar surface area (TPSA) is 76.4 Å². The predicted molar refractivity (Wildman–Crippen MR) is 110 cm³/mol. The van der Waals surface area contributed by atoms with Crippen LogP contribution < -0.4 is 15.4 Å². The van der Waals surface area contributed by atoms with E-state index in [1.165, 1.54) is 16.7 Å². The molecule has 0 amide bonds. The second-order valence-corrected chi connectivity index (χ2v) is 6.33. The Bertz CT molecular complexity index is 891. The van der Waals surface area contributed by atoms with Crippen molar-refractivity contribution in [1.82, 2.24) is 25.4 Å². The number of hydrogen-bond donors (Lipinski definition) is 2. The van der Waals surface area contributed by atoms with Crippen molar-refractivity contribution >= 4 is 5.96 Å². The molecule has 0 aliphatic heterocycles. The summed E-state index contributed by atoms with van der Waals surface area (Å²) >= 11 is 0. The molecule has 2 aromatic carbocycles. The number of methoxy groups -OCH3 is 1. The second-order valence-electron chi connectivity index (χ2n) is 6.33. The fourth-order valence-corrected chi connectivity index (χ4v) is 2.97. The molecule has 0 aliphatic carbocycles. The van der Waals surface area contributed by atoms with Gasteiger partial charge in [0.1, 0.15) is 18.4 Å². The van der Waals surface area contributed by atoms with E-state index in [-0.39, 0.29) is 0 Å². The monoisotopic (exact) mass is 378 g/mol. The molecule has 7 nitrogen and oxygen atoms in total. The largest absolute Gasteiger partial charge is 0.496 e. The highest BCUT2D eigenvalue weighted by molar-refractivity contribution is 5.79. The summed E-state index contributed by atoms with van der Waals surface area (Å²) < 4.78 is 7.21. The maximum atomic E-state index is 5.40. The highest BCUT2D eigenvalue weighted by Gasteiger charge is 2.04. The quantitative estimate of drug-likeness (QED) is 0.464. The third-order valence-corrected chi connectivity index (χ3v) is 4.37. The van der Waals surface area contributed by atoms with Gasteiger partial charge in [0.25, 0.3) is 0 Å². The van der Waals surface area contributed by atoms with Gasteiger partial charge in [0.05, 0.1) is 13.7 Å². The second kappa shape index (κ2) is 10.1. The molecule has 0 spiro atoms. The molecule has 1 aromatic heterocycles. The zero-order chi connectivity index (χ0) is 19.6. The van der Waals surface area contributed by atoms with Crippen molar-refractivity contribution in [2.24, 2.45) is 4.99 Å². The van der Waals surface area contributed by atoms with E-state index in [0.29, 0.717) is 13.1 Å². The van der Waals surface area contributed by atoms with Crippen LogP contribution in [-0.2, 0) is 19.5 Å². The first-order chi connectivity index (χ1) is 13.8. The lowest BCUT2D eigenvalue weighted by Gasteiger charge is -2.13. The van der Waals surface area contributed by atoms with Crippen LogP contribution in [0.1, 0.15) is 16.7 Å². The minimum atomic E-state index is 0.694. The lowest BCUT2D eigenvalue weighted by atomic mass is 10.1. The molecule has 0 aliphatic rings. The number of guanidine groups is 1. The summed E-state index contributed by atoms with van der Waals surface area (Å²) in [5.74, 6) is 1.69. The van der Waals surface area contributed by atoms with Crippen molar-refractivity contribution in [3.05, 3.63) is 77.9 Å². The van der Waals surface area contributed by atoms with Gasteiger partial charge < -0.3 is 15.4 Å². The highest BCUT2D eigenvalue weighted by atomic mass is 16.5. The maximum absolute atomic E-state index is 5.40. The van der Waals surface area contributed by atoms with Gasteiger partial charge >= 0.3 is 0 Å². The highest BCUT2D eigenvalue weighted by Crippen LogP contribution is 2.17. The van der Waals surface area contributed by atoms with Crippen LogP contribution in [0.15, 0.2) is 66.2 Å². The number of benzene rings is 2. The smallest absolute Gasteiger partial charge is 0.191 e. The van der Waals surface area contributed by atoms with E-state index in [1.807, 2.05) is 22.9 Å². The molecule has 3 aromatic rings. The van der Waals surface area contributed by atoms with Crippen molar-refractivity contribution in [1.29, 1.82) is 0 Å². The number of ether oxygens (including phenoxy) is 1. The molecule has 1 heterocycles. The lowest BCUT2D eigenvalue weighted by molar-refractivity contribution is 0.409. The molecule has 2 N–H and O–H groups in total. The van der Waals surface area contributed by atoms with Gasteiger partial charge in [-0.3, -0.25) is 4.99 Å². The van der Waals surface area contributed by atoms with Crippen LogP contribution in [0.5, 0.6) is 5.75 Å². The molecule has 0 unspecified atom stereocenters. The van der Waals surface area contributed by atoms with E-state index in [0.717, 1.165) is 24.7 Å². The van der Waals surface area contributed by atoms with Crippen molar-refractivity contribution in [3.63, 3.8) is 0 Å². The Morgan fingerprint density at radius 3 is 2.75 bits per heavy atom. The molecule has 0 fully saturated rings. The van der Waals surface area contributed by atoms with Crippen LogP contribution in [0.2, 0.25) is 0 Å². The van der Waals surface area contributed by atoms with Gasteiger partial charge in [-0.25, -0.2) is 9.67 Å². The third kappa shape index (κ3) is 5.57. The van der Waals surface area contributed by atoms with Crippen molar-refractivity contribution in [3.8, 4) is 5.75 Å². The zero-order valence-electron chi connectivity index (χ0n) is 16.3. The van der Waals surface area contributed by atoms with E-state index in [9.17, 15) is 0 Å². The van der Waals surface area contributed by atoms with Crippen molar-refractivity contribution < 1.29 is 4.74 Å². The first-order valence-corrected chi connectivity index (χ1v) is 9.25. The van der Waals surface area contributed by atoms with Crippen LogP contribution in [0.25, 0.3) is 0 Å². The molecule has 0 saturated heterocycles. The molecule has 0 radical (unpaired) electrons. The van der Waals surface area contributed by atoms with Crippen LogP contribution in [0.3, 0.4) is 0 Å². The Balaban J connectivity index is 1.49. The number of para-hydroxylation sites is 1. The fraction of sp³-hybridized carbons (Fsp3) is 0.286. The molecule has 3 rings (SSSR count). The van der Waals surface area contributed by atoms with Gasteiger partial charge in [0.15, 0.2) is 5.96 Å². The Labute approximate surface area is 165 Å². The average Bonchev–Trinajstić information content (AvgIpc) is 3.24. The molecular formula is C21H26N6O. The van der Waals surface area contributed by atoms with E-state index in [1.54, 1.807) is 26.8 Å². The Morgan fingerprint density at radius 2 is 1.96 bits per heavy atom. The van der Waals surface area contributed by atoms with E-state index < -0.39 is 0 Å². The van der Waals surface area contributed by atoms with Gasteiger partial charge in [0.2, 0.25) is 0 Å². The fourth-order valence-electron chi connectivity index (χ4n) is 2.97. The van der Waals surface area contributed by atoms with Crippen molar-refractivity contribution in [2.75, 3.05) is 20.7 Å². The average molecular weight is 378 g/mol. The van der Waals surface area contributed by atoms with Gasteiger partial charge in [-0.2, -0.15) is 5.10 Å². The molecular weight excluding hydrogens is 352 g/mol. The van der Waals surface area contributed by atoms with Crippen LogP contribution >= 0.6 is 0 Å². The summed E-state index contributed by atoms with van der Waals surface area (Å²) in [5.41, 5.74) is 3.54. The summed E-state index contributed by atoms with van der Waals surface area (Å²) in [6.45, 7) is 2.17. The molecule has 7 heteroatoms. The molecule has 28 heavy (non-hydrogen) atoms. The summed E-state index contributed by atoms with van der Waals surface area (Å²) in [6.07, 6.45) is 4.13. The Morgan fingerprint density at radius 1 is 1.11 bits per heavy atom. The molecule has 0 bridgehead atoms. The standard InChI is InChI=1S/C21H26N6O/c1-22-21(24-11-10-19-8-3-4-9-20(19)28-2)25-13-17-6-5-7-18(12-17)14-27-16-23-15-26-27/h3-9,12,15-16H,10-11,13-14H2,1-2H3,(H2,22,24,25). The SMILES string of the molecule is CN=C(NCCc1ccccc1OC)NCc1cccc(Cn2cncn2)c1. The molecule has 0 atom stereocenters. The molecule has 0 saturated carbocycles. The third-order valence-electron chi connectivity index (χ3n) is 4.37. The molecule has 146 valence electrons. The van der Waals surface area contributed by atoms with Crippen LogP contribution in [-0.4, -0.2) is 41.4 Å².